The molecule has 0 saturated carbocycles. The molecule has 28 heavy (non-hydrogen) atoms. The van der Waals surface area contributed by atoms with E-state index in [2.05, 4.69) is 102 Å². The third-order valence-corrected chi connectivity index (χ3v) is 5.32. The lowest BCUT2D eigenvalue weighted by Gasteiger charge is -2.26. The molecule has 1 aliphatic rings. The van der Waals surface area contributed by atoms with Crippen molar-refractivity contribution in [2.45, 2.75) is 6.42 Å². The van der Waals surface area contributed by atoms with Crippen LogP contribution in [-0.4, -0.2) is 0 Å². The molecule has 0 N–H and O–H groups in total. The zero-order valence-electron chi connectivity index (χ0n) is 15.5. The summed E-state index contributed by atoms with van der Waals surface area (Å²) in [6.45, 7) is 0. The molecular weight excluding hydrogens is 338 g/mol. The molecule has 1 nitrogen and oxygen atoms in total. The number of hydrogen-bond acceptors (Lipinski definition) is 1. The van der Waals surface area contributed by atoms with Crippen molar-refractivity contribution in [1.29, 1.82) is 0 Å². The molecule has 0 saturated heterocycles. The van der Waals surface area contributed by atoms with Gasteiger partial charge in [0.15, 0.2) is 0 Å². The molecule has 132 valence electrons. The van der Waals surface area contributed by atoms with E-state index >= 15 is 0 Å². The fraction of sp³-hybridized carbons (Fsp3) is 0.0370. The predicted octanol–water partition coefficient (Wildman–Crippen LogP) is 6.71. The summed E-state index contributed by atoms with van der Waals surface area (Å²) in [5.74, 6) is 2.75. The van der Waals surface area contributed by atoms with Crippen molar-refractivity contribution < 1.29 is 0 Å². The molecule has 1 heteroatoms. The van der Waals surface area contributed by atoms with E-state index < -0.39 is 0 Å². The average molecular weight is 357 g/mol. The van der Waals surface area contributed by atoms with Crippen LogP contribution >= 0.6 is 0 Å². The zero-order chi connectivity index (χ0) is 18.9. The number of benzene rings is 4. The smallest absolute Gasteiger partial charge is 0.0464 e. The lowest BCUT2D eigenvalue weighted by molar-refractivity contribution is 1.23. The molecule has 4 aromatic rings. The third kappa shape index (κ3) is 2.76. The zero-order valence-corrected chi connectivity index (χ0v) is 15.5. The molecule has 1 aliphatic carbocycles. The first-order chi connectivity index (χ1) is 13.8. The van der Waals surface area contributed by atoms with Crippen molar-refractivity contribution >= 4 is 17.1 Å². The van der Waals surface area contributed by atoms with Crippen LogP contribution in [0.1, 0.15) is 16.7 Å². The predicted molar refractivity (Wildman–Crippen MR) is 117 cm³/mol. The van der Waals surface area contributed by atoms with Crippen LogP contribution in [0.4, 0.5) is 17.1 Å². The van der Waals surface area contributed by atoms with Crippen molar-refractivity contribution in [1.82, 2.24) is 0 Å². The van der Waals surface area contributed by atoms with Gasteiger partial charge >= 0.3 is 0 Å². The topological polar surface area (TPSA) is 3.24 Å². The fourth-order valence-corrected chi connectivity index (χ4v) is 4.03. The lowest BCUT2D eigenvalue weighted by Crippen LogP contribution is -2.09. The molecule has 0 aliphatic heterocycles. The Hall–Kier alpha value is -3.76. The summed E-state index contributed by atoms with van der Waals surface area (Å²) in [5.41, 5.74) is 9.68. The van der Waals surface area contributed by atoms with Crippen molar-refractivity contribution in [2.75, 3.05) is 4.90 Å². The highest BCUT2D eigenvalue weighted by Gasteiger charge is 2.21. The number of fused-ring (bicyclic) bond motifs is 3. The van der Waals surface area contributed by atoms with Gasteiger partial charge in [0.1, 0.15) is 0 Å². The Morgan fingerprint density at radius 3 is 1.79 bits per heavy atom. The lowest BCUT2D eigenvalue weighted by atomic mass is 10.0. The van der Waals surface area contributed by atoms with Crippen LogP contribution in [0.5, 0.6) is 0 Å². The summed E-state index contributed by atoms with van der Waals surface area (Å²) in [5, 5.41) is 0. The summed E-state index contributed by atoms with van der Waals surface area (Å²) in [4.78, 5) is 2.30. The van der Waals surface area contributed by atoms with Gasteiger partial charge in [-0.3, -0.25) is 0 Å². The molecule has 0 amide bonds. The van der Waals surface area contributed by atoms with E-state index in [1.54, 1.807) is 0 Å². The van der Waals surface area contributed by atoms with Gasteiger partial charge in [-0.2, -0.15) is 0 Å². The van der Waals surface area contributed by atoms with Gasteiger partial charge in [0.05, 0.1) is 0 Å². The Morgan fingerprint density at radius 1 is 0.607 bits per heavy atom. The van der Waals surface area contributed by atoms with E-state index in [-0.39, 0.29) is 0 Å². The minimum absolute atomic E-state index is 0.922. The van der Waals surface area contributed by atoms with Gasteiger partial charge in [0.2, 0.25) is 0 Å². The molecule has 0 spiro atoms. The minimum Gasteiger partial charge on any atom is -0.310 e. The molecule has 0 unspecified atom stereocenters. The first-order valence-corrected chi connectivity index (χ1v) is 9.46. The van der Waals surface area contributed by atoms with Crippen LogP contribution in [0.25, 0.3) is 11.1 Å². The highest BCUT2D eigenvalue weighted by Crippen LogP contribution is 2.41. The van der Waals surface area contributed by atoms with Gasteiger partial charge < -0.3 is 4.90 Å². The summed E-state index contributed by atoms with van der Waals surface area (Å²) in [6, 6.07) is 34.1. The second-order valence-electron chi connectivity index (χ2n) is 7.04. The second-order valence-corrected chi connectivity index (χ2v) is 7.04. The standard InChI is InChI=1S/C27H19N/c1-2-20-13-15-26-21(17-20)18-22-19-25(14-16-27(22)26)28(23-9-5-3-6-10-23)24-11-7-4-8-12-24/h1,3-17,19H,18H2. The maximum atomic E-state index is 5.58. The van der Waals surface area contributed by atoms with E-state index in [4.69, 9.17) is 6.42 Å². The molecule has 5 rings (SSSR count). The Morgan fingerprint density at radius 2 is 1.18 bits per heavy atom. The molecule has 0 heterocycles. The van der Waals surface area contributed by atoms with Gasteiger partial charge in [-0.1, -0.05) is 54.5 Å². The van der Waals surface area contributed by atoms with Crippen LogP contribution in [0.15, 0.2) is 97.1 Å². The maximum absolute atomic E-state index is 5.58. The number of para-hydroxylation sites is 2. The van der Waals surface area contributed by atoms with Gasteiger partial charge in [-0.25, -0.2) is 0 Å². The summed E-state index contributed by atoms with van der Waals surface area (Å²) >= 11 is 0. The number of anilines is 3. The highest BCUT2D eigenvalue weighted by molar-refractivity contribution is 5.83. The van der Waals surface area contributed by atoms with Gasteiger partial charge in [0, 0.05) is 22.6 Å². The van der Waals surface area contributed by atoms with E-state index in [0.717, 1.165) is 23.4 Å². The first kappa shape index (κ1) is 16.4. The molecule has 0 aromatic heterocycles. The number of rotatable bonds is 3. The van der Waals surface area contributed by atoms with Crippen LogP contribution in [0.3, 0.4) is 0 Å². The van der Waals surface area contributed by atoms with Crippen LogP contribution in [0, 0.1) is 12.3 Å². The SMILES string of the molecule is C#Cc1ccc2c(c1)Cc1cc(N(c3ccccc3)c3ccccc3)ccc1-2. The monoisotopic (exact) mass is 357 g/mol. The number of nitrogens with zero attached hydrogens (tertiary/aromatic N) is 1. The summed E-state index contributed by atoms with van der Waals surface area (Å²) < 4.78 is 0. The molecular formula is C27H19N. The number of hydrogen-bond donors (Lipinski definition) is 0. The van der Waals surface area contributed by atoms with Crippen molar-refractivity contribution in [3.63, 3.8) is 0 Å². The molecule has 0 atom stereocenters. The van der Waals surface area contributed by atoms with Gasteiger partial charge in [-0.05, 0) is 77.2 Å². The molecule has 0 fully saturated rings. The van der Waals surface area contributed by atoms with Crippen LogP contribution in [-0.2, 0) is 6.42 Å². The first-order valence-electron chi connectivity index (χ1n) is 9.46. The Kier molecular flexibility index (Phi) is 3.96. The third-order valence-electron chi connectivity index (χ3n) is 5.32. The normalized spacial score (nSPS) is 11.4. The van der Waals surface area contributed by atoms with Crippen LogP contribution in [0.2, 0.25) is 0 Å². The summed E-state index contributed by atoms with van der Waals surface area (Å²) in [6.07, 6.45) is 6.51. The Labute approximate surface area is 165 Å². The van der Waals surface area contributed by atoms with E-state index in [1.807, 2.05) is 6.07 Å². The van der Waals surface area contributed by atoms with E-state index in [1.165, 1.54) is 27.9 Å². The fourth-order valence-electron chi connectivity index (χ4n) is 4.03. The Balaban J connectivity index is 1.61. The van der Waals surface area contributed by atoms with Gasteiger partial charge in [0.25, 0.3) is 0 Å². The minimum atomic E-state index is 0.922. The highest BCUT2D eigenvalue weighted by atomic mass is 15.1. The summed E-state index contributed by atoms with van der Waals surface area (Å²) in [7, 11) is 0. The van der Waals surface area contributed by atoms with E-state index in [9.17, 15) is 0 Å². The largest absolute Gasteiger partial charge is 0.310 e. The van der Waals surface area contributed by atoms with Crippen molar-refractivity contribution in [3.05, 3.63) is 114 Å². The Bertz CT molecular complexity index is 1140. The van der Waals surface area contributed by atoms with E-state index in [0.29, 0.717) is 0 Å². The average Bonchev–Trinajstić information content (AvgIpc) is 3.12. The molecule has 0 bridgehead atoms. The molecule has 0 radical (unpaired) electrons. The van der Waals surface area contributed by atoms with Crippen molar-refractivity contribution in [2.24, 2.45) is 0 Å². The van der Waals surface area contributed by atoms with Crippen molar-refractivity contribution in [3.8, 4) is 23.5 Å². The van der Waals surface area contributed by atoms with Crippen LogP contribution < -0.4 is 4.90 Å². The number of terminal acetylenes is 1. The maximum Gasteiger partial charge on any atom is 0.0464 e. The van der Waals surface area contributed by atoms with Gasteiger partial charge in [-0.15, -0.1) is 6.42 Å². The second kappa shape index (κ2) is 6.76. The molecule has 4 aromatic carbocycles. The quantitative estimate of drug-likeness (QED) is 0.324.